The van der Waals surface area contributed by atoms with Crippen molar-refractivity contribution in [3.63, 3.8) is 0 Å². The highest BCUT2D eigenvalue weighted by Crippen LogP contribution is 2.26. The minimum absolute atomic E-state index is 0.264. The molecule has 0 heterocycles. The summed E-state index contributed by atoms with van der Waals surface area (Å²) in [7, 11) is 3.89. The van der Waals surface area contributed by atoms with Gasteiger partial charge in [-0.25, -0.2) is 4.79 Å². The van der Waals surface area contributed by atoms with Gasteiger partial charge in [0.2, 0.25) is 0 Å². The topological polar surface area (TPSA) is 38.8 Å². The lowest BCUT2D eigenvalue weighted by atomic mass is 9.97. The highest BCUT2D eigenvalue weighted by atomic mass is 16.5. The van der Waals surface area contributed by atoms with Crippen LogP contribution in [0.3, 0.4) is 0 Å². The minimum Gasteiger partial charge on any atom is -0.462 e. The Morgan fingerprint density at radius 1 is 1.14 bits per heavy atom. The first-order valence-electron chi connectivity index (χ1n) is 10.1. The summed E-state index contributed by atoms with van der Waals surface area (Å²) in [5, 5.41) is 0. The summed E-state index contributed by atoms with van der Waals surface area (Å²) in [6.07, 6.45) is 2.27. The molecular formula is C24H33NO3. The Hall–Kier alpha value is -2.17. The zero-order valence-electron chi connectivity index (χ0n) is 17.6. The van der Waals surface area contributed by atoms with E-state index in [4.69, 9.17) is 9.47 Å². The molecule has 0 N–H and O–H groups in total. The van der Waals surface area contributed by atoms with Gasteiger partial charge in [-0.15, -0.1) is 0 Å². The Labute approximate surface area is 169 Å². The molecule has 0 aliphatic rings. The van der Waals surface area contributed by atoms with E-state index < -0.39 is 0 Å². The third-order valence-corrected chi connectivity index (χ3v) is 4.83. The molecule has 0 bridgehead atoms. The fourth-order valence-electron chi connectivity index (χ4n) is 3.41. The first kappa shape index (κ1) is 22.1. The zero-order chi connectivity index (χ0) is 20.4. The van der Waals surface area contributed by atoms with Gasteiger partial charge in [-0.2, -0.15) is 0 Å². The average Bonchev–Trinajstić information content (AvgIpc) is 2.69. The summed E-state index contributed by atoms with van der Waals surface area (Å²) in [6.45, 7) is 7.04. The number of carbonyl (C=O) groups excluding carboxylic acids is 1. The second kappa shape index (κ2) is 11.6. The van der Waals surface area contributed by atoms with Crippen LogP contribution in [0.25, 0.3) is 11.1 Å². The third kappa shape index (κ3) is 6.77. The Morgan fingerprint density at radius 2 is 1.89 bits per heavy atom. The molecule has 0 aliphatic carbocycles. The summed E-state index contributed by atoms with van der Waals surface area (Å²) < 4.78 is 10.4. The van der Waals surface area contributed by atoms with Crippen LogP contribution >= 0.6 is 0 Å². The van der Waals surface area contributed by atoms with Crippen LogP contribution in [0, 0.1) is 5.92 Å². The van der Waals surface area contributed by atoms with Crippen molar-refractivity contribution in [1.29, 1.82) is 0 Å². The summed E-state index contributed by atoms with van der Waals surface area (Å²) >= 11 is 0. The van der Waals surface area contributed by atoms with Crippen molar-refractivity contribution in [1.82, 2.24) is 4.90 Å². The summed E-state index contributed by atoms with van der Waals surface area (Å²) in [5.74, 6) is 0.310. The number of methoxy groups -OCH3 is 1. The van der Waals surface area contributed by atoms with Crippen molar-refractivity contribution in [2.45, 2.75) is 33.2 Å². The quantitative estimate of drug-likeness (QED) is 0.511. The number of esters is 1. The van der Waals surface area contributed by atoms with E-state index in [2.05, 4.69) is 31.0 Å². The van der Waals surface area contributed by atoms with Crippen molar-refractivity contribution in [2.75, 3.05) is 33.9 Å². The van der Waals surface area contributed by atoms with E-state index in [1.807, 2.05) is 43.3 Å². The van der Waals surface area contributed by atoms with Gasteiger partial charge in [0.15, 0.2) is 0 Å². The van der Waals surface area contributed by atoms with Crippen LogP contribution in [0.15, 0.2) is 48.5 Å². The smallest absolute Gasteiger partial charge is 0.338 e. The highest BCUT2D eigenvalue weighted by Gasteiger charge is 2.13. The van der Waals surface area contributed by atoms with E-state index in [1.54, 1.807) is 7.11 Å². The van der Waals surface area contributed by atoms with E-state index in [1.165, 1.54) is 0 Å². The summed E-state index contributed by atoms with van der Waals surface area (Å²) in [6, 6.07) is 16.2. The molecule has 0 aromatic heterocycles. The van der Waals surface area contributed by atoms with Crippen molar-refractivity contribution >= 4 is 5.97 Å². The van der Waals surface area contributed by atoms with Crippen molar-refractivity contribution in [2.24, 2.45) is 5.92 Å². The molecule has 1 atom stereocenters. The molecule has 2 aromatic rings. The Bertz CT molecular complexity index is 730. The van der Waals surface area contributed by atoms with Gasteiger partial charge in [0.05, 0.1) is 12.2 Å². The minimum atomic E-state index is -0.264. The van der Waals surface area contributed by atoms with Gasteiger partial charge >= 0.3 is 5.97 Å². The summed E-state index contributed by atoms with van der Waals surface area (Å²) in [4.78, 5) is 14.5. The van der Waals surface area contributed by atoms with Crippen LogP contribution in [-0.4, -0.2) is 44.8 Å². The van der Waals surface area contributed by atoms with Gasteiger partial charge in [0.1, 0.15) is 0 Å². The molecule has 0 aliphatic heterocycles. The van der Waals surface area contributed by atoms with E-state index in [-0.39, 0.29) is 5.97 Å². The number of carbonyl (C=O) groups is 1. The fraction of sp³-hybridized carbons (Fsp3) is 0.458. The second-order valence-electron chi connectivity index (χ2n) is 7.40. The summed E-state index contributed by atoms with van der Waals surface area (Å²) in [5.41, 5.74) is 4.08. The molecule has 0 fully saturated rings. The monoisotopic (exact) mass is 383 g/mol. The molecule has 4 nitrogen and oxygen atoms in total. The van der Waals surface area contributed by atoms with Gasteiger partial charge in [-0.1, -0.05) is 43.3 Å². The van der Waals surface area contributed by atoms with E-state index >= 15 is 0 Å². The molecule has 2 aromatic carbocycles. The van der Waals surface area contributed by atoms with Crippen molar-refractivity contribution in [3.8, 4) is 11.1 Å². The predicted octanol–water partition coefficient (Wildman–Crippen LogP) is 5.02. The first-order valence-corrected chi connectivity index (χ1v) is 10.1. The molecule has 4 heteroatoms. The SMILES string of the molecule is CCOC(=O)c1ccc(-c2ccccc2)c(CN(C)CCCC(C)COC)c1. The lowest BCUT2D eigenvalue weighted by molar-refractivity contribution is 0.0526. The van der Waals surface area contributed by atoms with Crippen LogP contribution in [0.5, 0.6) is 0 Å². The molecular weight excluding hydrogens is 350 g/mol. The number of hydrogen-bond donors (Lipinski definition) is 0. The maximum absolute atomic E-state index is 12.2. The number of nitrogens with zero attached hydrogens (tertiary/aromatic N) is 1. The Balaban J connectivity index is 2.14. The predicted molar refractivity (Wildman–Crippen MR) is 114 cm³/mol. The van der Waals surface area contributed by atoms with Crippen LogP contribution in [0.2, 0.25) is 0 Å². The molecule has 0 saturated heterocycles. The molecule has 152 valence electrons. The standard InChI is InChI=1S/C24H33NO3/c1-5-28-24(26)21-13-14-23(20-11-7-6-8-12-20)22(16-21)17-25(3)15-9-10-19(2)18-27-4/h6-8,11-14,16,19H,5,9-10,15,17-18H2,1-4H3. The molecule has 0 spiro atoms. The number of ether oxygens (including phenoxy) is 2. The normalized spacial score (nSPS) is 12.2. The fourth-order valence-corrected chi connectivity index (χ4v) is 3.41. The lowest BCUT2D eigenvalue weighted by Gasteiger charge is -2.20. The lowest BCUT2D eigenvalue weighted by Crippen LogP contribution is -2.21. The van der Waals surface area contributed by atoms with E-state index in [0.717, 1.165) is 49.2 Å². The van der Waals surface area contributed by atoms with Crippen molar-refractivity contribution < 1.29 is 14.3 Å². The average molecular weight is 384 g/mol. The van der Waals surface area contributed by atoms with Gasteiger partial charge in [-0.05, 0) is 68.1 Å². The largest absolute Gasteiger partial charge is 0.462 e. The van der Waals surface area contributed by atoms with Crippen LogP contribution in [0.1, 0.15) is 42.6 Å². The highest BCUT2D eigenvalue weighted by molar-refractivity contribution is 5.90. The van der Waals surface area contributed by atoms with Gasteiger partial charge in [0.25, 0.3) is 0 Å². The molecule has 0 radical (unpaired) electrons. The molecule has 2 rings (SSSR count). The number of hydrogen-bond acceptors (Lipinski definition) is 4. The Kier molecular flexibility index (Phi) is 9.18. The Morgan fingerprint density at radius 3 is 2.57 bits per heavy atom. The van der Waals surface area contributed by atoms with Gasteiger partial charge in [0, 0.05) is 20.3 Å². The molecule has 0 amide bonds. The molecule has 0 saturated carbocycles. The van der Waals surface area contributed by atoms with Crippen LogP contribution in [-0.2, 0) is 16.0 Å². The molecule has 1 unspecified atom stereocenters. The van der Waals surface area contributed by atoms with E-state index in [9.17, 15) is 4.79 Å². The van der Waals surface area contributed by atoms with Gasteiger partial charge < -0.3 is 14.4 Å². The number of rotatable bonds is 11. The zero-order valence-corrected chi connectivity index (χ0v) is 17.6. The third-order valence-electron chi connectivity index (χ3n) is 4.83. The van der Waals surface area contributed by atoms with E-state index in [0.29, 0.717) is 18.1 Å². The van der Waals surface area contributed by atoms with Crippen LogP contribution < -0.4 is 0 Å². The van der Waals surface area contributed by atoms with Gasteiger partial charge in [-0.3, -0.25) is 0 Å². The maximum Gasteiger partial charge on any atom is 0.338 e. The van der Waals surface area contributed by atoms with Crippen LogP contribution in [0.4, 0.5) is 0 Å². The molecule has 28 heavy (non-hydrogen) atoms. The maximum atomic E-state index is 12.2. The second-order valence-corrected chi connectivity index (χ2v) is 7.40. The van der Waals surface area contributed by atoms with Crippen molar-refractivity contribution in [3.05, 3.63) is 59.7 Å². The first-order chi connectivity index (χ1) is 13.5. The number of benzene rings is 2.